The zero-order valence-electron chi connectivity index (χ0n) is 15.0. The second-order valence-corrected chi connectivity index (χ2v) is 6.05. The summed E-state index contributed by atoms with van der Waals surface area (Å²) in [4.78, 5) is 22.2. The Kier molecular flexibility index (Phi) is 7.77. The van der Waals surface area contributed by atoms with Gasteiger partial charge in [0.25, 0.3) is 0 Å². The van der Waals surface area contributed by atoms with Crippen molar-refractivity contribution in [2.45, 2.75) is 52.6 Å². The van der Waals surface area contributed by atoms with Crippen molar-refractivity contribution in [2.24, 2.45) is 0 Å². The van der Waals surface area contributed by atoms with Crippen LogP contribution in [-0.4, -0.2) is 18.0 Å². The van der Waals surface area contributed by atoms with E-state index in [4.69, 9.17) is 23.4 Å². The number of hydrogen-bond acceptors (Lipinski definition) is 7. The van der Waals surface area contributed by atoms with Gasteiger partial charge in [0, 0.05) is 29.9 Å². The van der Waals surface area contributed by atoms with Crippen molar-refractivity contribution >= 4 is 0 Å². The first-order valence-corrected chi connectivity index (χ1v) is 8.50. The van der Waals surface area contributed by atoms with Gasteiger partial charge in [-0.1, -0.05) is 0 Å². The highest BCUT2D eigenvalue weighted by molar-refractivity contribution is 5.09. The molecule has 3 heterocycles. The number of hydrogen-bond donors (Lipinski definition) is 1. The SMILES string of the molecule is Cc1coc(CO)cc1=O.Cc1coc(COC2CCCCO2)cc1=O. The molecular weight excluding hydrogens is 340 g/mol. The van der Waals surface area contributed by atoms with E-state index >= 15 is 0 Å². The van der Waals surface area contributed by atoms with E-state index in [1.807, 2.05) is 0 Å². The van der Waals surface area contributed by atoms with E-state index < -0.39 is 0 Å². The Labute approximate surface area is 151 Å². The molecule has 1 fully saturated rings. The summed E-state index contributed by atoms with van der Waals surface area (Å²) in [5.74, 6) is 0.848. The Morgan fingerprint density at radius 1 is 1.04 bits per heavy atom. The minimum atomic E-state index is -0.227. The molecule has 26 heavy (non-hydrogen) atoms. The van der Waals surface area contributed by atoms with Crippen LogP contribution in [0.15, 0.2) is 43.1 Å². The van der Waals surface area contributed by atoms with Crippen molar-refractivity contribution < 1.29 is 23.4 Å². The number of aliphatic hydroxyl groups is 1. The van der Waals surface area contributed by atoms with Crippen LogP contribution >= 0.6 is 0 Å². The quantitative estimate of drug-likeness (QED) is 0.889. The van der Waals surface area contributed by atoms with Gasteiger partial charge in [0.1, 0.15) is 24.7 Å². The van der Waals surface area contributed by atoms with Gasteiger partial charge >= 0.3 is 0 Å². The molecule has 1 atom stereocenters. The van der Waals surface area contributed by atoms with Crippen LogP contribution in [0, 0.1) is 13.8 Å². The fraction of sp³-hybridized carbons (Fsp3) is 0.474. The molecule has 3 rings (SSSR count). The molecule has 2 aromatic rings. The van der Waals surface area contributed by atoms with Crippen LogP contribution in [0.25, 0.3) is 0 Å². The summed E-state index contributed by atoms with van der Waals surface area (Å²) in [5, 5.41) is 8.52. The van der Waals surface area contributed by atoms with E-state index in [1.54, 1.807) is 13.8 Å². The fourth-order valence-electron chi connectivity index (χ4n) is 2.21. The molecule has 0 amide bonds. The number of rotatable bonds is 4. The van der Waals surface area contributed by atoms with Crippen molar-refractivity contribution in [2.75, 3.05) is 6.61 Å². The van der Waals surface area contributed by atoms with Gasteiger partial charge in [-0.3, -0.25) is 9.59 Å². The molecule has 142 valence electrons. The van der Waals surface area contributed by atoms with Crippen molar-refractivity contribution in [1.29, 1.82) is 0 Å². The van der Waals surface area contributed by atoms with Crippen LogP contribution in [-0.2, 0) is 22.7 Å². The predicted octanol–water partition coefficient (Wildman–Crippen LogP) is 2.43. The van der Waals surface area contributed by atoms with Crippen LogP contribution in [0.3, 0.4) is 0 Å². The van der Waals surface area contributed by atoms with Crippen LogP contribution in [0.1, 0.15) is 41.9 Å². The lowest BCUT2D eigenvalue weighted by Gasteiger charge is -2.22. The number of ether oxygens (including phenoxy) is 2. The molecule has 1 N–H and O–H groups in total. The molecule has 0 bridgehead atoms. The normalized spacial score (nSPS) is 16.7. The lowest BCUT2D eigenvalue weighted by Crippen LogP contribution is -2.22. The Bertz CT molecular complexity index is 800. The third-order valence-electron chi connectivity index (χ3n) is 3.84. The van der Waals surface area contributed by atoms with Gasteiger partial charge in [-0.25, -0.2) is 0 Å². The lowest BCUT2D eigenvalue weighted by molar-refractivity contribution is -0.171. The van der Waals surface area contributed by atoms with Gasteiger partial charge in [0.15, 0.2) is 17.1 Å². The largest absolute Gasteiger partial charge is 0.466 e. The number of aliphatic hydroxyl groups excluding tert-OH is 1. The molecule has 0 aromatic carbocycles. The van der Waals surface area contributed by atoms with E-state index in [1.165, 1.54) is 24.7 Å². The maximum Gasteiger partial charge on any atom is 0.188 e. The highest BCUT2D eigenvalue weighted by Gasteiger charge is 2.14. The average Bonchev–Trinajstić information content (AvgIpc) is 2.66. The molecule has 1 aliphatic heterocycles. The third kappa shape index (κ3) is 6.25. The first-order chi connectivity index (χ1) is 12.5. The van der Waals surface area contributed by atoms with E-state index in [9.17, 15) is 9.59 Å². The van der Waals surface area contributed by atoms with E-state index in [0.29, 0.717) is 29.3 Å². The molecule has 7 nitrogen and oxygen atoms in total. The molecular formula is C19H24O7. The molecule has 2 aromatic heterocycles. The maximum absolute atomic E-state index is 11.3. The molecule has 0 aliphatic carbocycles. The highest BCUT2D eigenvalue weighted by atomic mass is 16.7. The minimum Gasteiger partial charge on any atom is -0.466 e. The second kappa shape index (κ2) is 10.1. The van der Waals surface area contributed by atoms with Gasteiger partial charge in [-0.2, -0.15) is 0 Å². The van der Waals surface area contributed by atoms with Crippen molar-refractivity contribution in [3.63, 3.8) is 0 Å². The molecule has 0 radical (unpaired) electrons. The summed E-state index contributed by atoms with van der Waals surface area (Å²) in [5.41, 5.74) is 1.04. The summed E-state index contributed by atoms with van der Waals surface area (Å²) < 4.78 is 21.0. The summed E-state index contributed by atoms with van der Waals surface area (Å²) in [7, 11) is 0. The predicted molar refractivity (Wildman–Crippen MR) is 93.7 cm³/mol. The average molecular weight is 364 g/mol. The number of aryl methyl sites for hydroxylation is 2. The topological polar surface area (TPSA) is 99.1 Å². The van der Waals surface area contributed by atoms with E-state index in [0.717, 1.165) is 25.9 Å². The monoisotopic (exact) mass is 364 g/mol. The summed E-state index contributed by atoms with van der Waals surface area (Å²) in [6, 6.07) is 2.76. The van der Waals surface area contributed by atoms with Crippen molar-refractivity contribution in [3.05, 3.63) is 67.8 Å². The summed E-state index contributed by atoms with van der Waals surface area (Å²) in [6.07, 6.45) is 5.79. The van der Waals surface area contributed by atoms with Gasteiger partial charge in [0.05, 0.1) is 12.5 Å². The molecule has 1 saturated heterocycles. The summed E-state index contributed by atoms with van der Waals surface area (Å²) in [6.45, 7) is 4.20. The van der Waals surface area contributed by atoms with E-state index in [-0.39, 0.29) is 23.8 Å². The first-order valence-electron chi connectivity index (χ1n) is 8.50. The molecule has 1 unspecified atom stereocenters. The van der Waals surface area contributed by atoms with Crippen molar-refractivity contribution in [3.8, 4) is 0 Å². The van der Waals surface area contributed by atoms with Crippen LogP contribution in [0.4, 0.5) is 0 Å². The Hall–Kier alpha value is -2.22. The standard InChI is InChI=1S/C12H16O4.C7H8O3/c1-9-7-15-10(6-11(9)13)8-16-12-4-2-3-5-14-12;1-5-4-10-6(3-8)2-7(5)9/h6-7,12H,2-5,8H2,1H3;2,4,8H,3H2,1H3. The lowest BCUT2D eigenvalue weighted by atomic mass is 10.2. The maximum atomic E-state index is 11.3. The summed E-state index contributed by atoms with van der Waals surface area (Å²) >= 11 is 0. The van der Waals surface area contributed by atoms with Crippen LogP contribution in [0.5, 0.6) is 0 Å². The van der Waals surface area contributed by atoms with Gasteiger partial charge in [-0.15, -0.1) is 0 Å². The molecule has 0 saturated carbocycles. The van der Waals surface area contributed by atoms with Crippen LogP contribution < -0.4 is 10.9 Å². The zero-order valence-corrected chi connectivity index (χ0v) is 15.0. The third-order valence-corrected chi connectivity index (χ3v) is 3.84. The second-order valence-electron chi connectivity index (χ2n) is 6.05. The highest BCUT2D eigenvalue weighted by Crippen LogP contribution is 2.15. The van der Waals surface area contributed by atoms with Crippen molar-refractivity contribution in [1.82, 2.24) is 0 Å². The fourth-order valence-corrected chi connectivity index (χ4v) is 2.21. The van der Waals surface area contributed by atoms with Gasteiger partial charge < -0.3 is 23.4 Å². The molecule has 7 heteroatoms. The Balaban J connectivity index is 0.000000209. The van der Waals surface area contributed by atoms with Gasteiger partial charge in [-0.05, 0) is 33.1 Å². The zero-order chi connectivity index (χ0) is 18.9. The van der Waals surface area contributed by atoms with Crippen LogP contribution in [0.2, 0.25) is 0 Å². The Morgan fingerprint density at radius 2 is 1.65 bits per heavy atom. The minimum absolute atomic E-state index is 0.0191. The van der Waals surface area contributed by atoms with Gasteiger partial charge in [0.2, 0.25) is 0 Å². The molecule has 0 spiro atoms. The smallest absolute Gasteiger partial charge is 0.188 e. The first kappa shape index (κ1) is 20.1. The Morgan fingerprint density at radius 3 is 2.19 bits per heavy atom. The van der Waals surface area contributed by atoms with E-state index in [2.05, 4.69) is 0 Å². The molecule has 1 aliphatic rings.